The summed E-state index contributed by atoms with van der Waals surface area (Å²) in [6.07, 6.45) is 9.71. The van der Waals surface area contributed by atoms with Gasteiger partial charge >= 0.3 is 0 Å². The predicted octanol–water partition coefficient (Wildman–Crippen LogP) is 6.44. The van der Waals surface area contributed by atoms with Crippen molar-refractivity contribution in [2.24, 2.45) is 0 Å². The Labute approximate surface area is 219 Å². The molecule has 0 bridgehead atoms. The summed E-state index contributed by atoms with van der Waals surface area (Å²) in [5.41, 5.74) is 3.39. The molecule has 0 saturated heterocycles. The highest BCUT2D eigenvalue weighted by Gasteiger charge is 2.13. The van der Waals surface area contributed by atoms with Crippen LogP contribution in [0.25, 0.3) is 11.2 Å². The highest BCUT2D eigenvalue weighted by atomic mass is 16.1. The van der Waals surface area contributed by atoms with Gasteiger partial charge in [0.2, 0.25) is 5.95 Å². The van der Waals surface area contributed by atoms with E-state index in [0.717, 1.165) is 47.3 Å². The van der Waals surface area contributed by atoms with E-state index in [4.69, 9.17) is 9.97 Å². The van der Waals surface area contributed by atoms with Crippen molar-refractivity contribution < 1.29 is 4.79 Å². The summed E-state index contributed by atoms with van der Waals surface area (Å²) in [4.78, 5) is 25.5. The molecule has 36 heavy (non-hydrogen) atoms. The van der Waals surface area contributed by atoms with Crippen LogP contribution in [0.2, 0.25) is 0 Å². The van der Waals surface area contributed by atoms with Gasteiger partial charge in [0.05, 0.1) is 0 Å². The van der Waals surface area contributed by atoms with E-state index in [1.54, 1.807) is 6.92 Å². The van der Waals surface area contributed by atoms with Crippen molar-refractivity contribution in [1.82, 2.24) is 19.4 Å². The highest BCUT2D eigenvalue weighted by Crippen LogP contribution is 2.23. The topological polar surface area (TPSA) is 66.3 Å². The largest absolute Gasteiger partial charge is 0.360 e. The lowest BCUT2D eigenvalue weighted by Crippen LogP contribution is -2.21. The van der Waals surface area contributed by atoms with E-state index < -0.39 is 0 Å². The summed E-state index contributed by atoms with van der Waals surface area (Å²) < 4.78 is 2.07. The van der Waals surface area contributed by atoms with Gasteiger partial charge in [0.15, 0.2) is 11.4 Å². The molecule has 7 heteroatoms. The molecule has 0 amide bonds. The van der Waals surface area contributed by atoms with E-state index in [0.29, 0.717) is 6.42 Å². The third kappa shape index (κ3) is 9.26. The summed E-state index contributed by atoms with van der Waals surface area (Å²) in [6.45, 7) is 21.8. The first-order chi connectivity index (χ1) is 17.3. The van der Waals surface area contributed by atoms with Crippen molar-refractivity contribution >= 4 is 28.7 Å². The first-order valence-electron chi connectivity index (χ1n) is 13.5. The second-order valence-corrected chi connectivity index (χ2v) is 8.60. The van der Waals surface area contributed by atoms with Gasteiger partial charge in [-0.2, -0.15) is 0 Å². The molecule has 0 fully saturated rings. The van der Waals surface area contributed by atoms with Gasteiger partial charge in [-0.1, -0.05) is 53.2 Å². The standard InChI is InChI=1S/C20H25N5O.C6H15N.C3H8/c1-5-24(4)18-13-12-17-19(23-18)25(6-2)20(22-17)21-16-9-7-8-15(10-11-16)14(3)26;1-4-7(5-2)6-3;1-3-2/h8-13H,5-7H2,1-4H3,(H,21,22);4-6H2,1-3H3;3H2,1-2H3. The number of carbonyl (C=O) groups excluding carboxylic acids is 1. The molecule has 0 spiro atoms. The number of rotatable bonds is 9. The fourth-order valence-corrected chi connectivity index (χ4v) is 3.54. The molecule has 2 aromatic rings. The zero-order valence-corrected chi connectivity index (χ0v) is 24.1. The number of imidazole rings is 1. The molecule has 1 aliphatic rings. The van der Waals surface area contributed by atoms with Crippen LogP contribution in [0.3, 0.4) is 0 Å². The molecule has 1 aliphatic carbocycles. The SMILES string of the molecule is CCC.CCN(C)c1ccc2nc(NC3=CCC=C(C(C)=O)C=C3)n(CC)c2n1.CCN(CC)CC. The Morgan fingerprint density at radius 1 is 0.944 bits per heavy atom. The van der Waals surface area contributed by atoms with Crippen LogP contribution in [0.15, 0.2) is 47.7 Å². The minimum Gasteiger partial charge on any atom is -0.360 e. The quantitative estimate of drug-likeness (QED) is 0.431. The summed E-state index contributed by atoms with van der Waals surface area (Å²) in [7, 11) is 2.03. The second kappa shape index (κ2) is 16.7. The number of carbonyl (C=O) groups is 1. The van der Waals surface area contributed by atoms with Gasteiger partial charge in [0, 0.05) is 31.4 Å². The van der Waals surface area contributed by atoms with E-state index in [1.807, 2.05) is 37.4 Å². The lowest BCUT2D eigenvalue weighted by Gasteiger charge is -2.15. The summed E-state index contributed by atoms with van der Waals surface area (Å²) >= 11 is 0. The molecule has 0 saturated carbocycles. The van der Waals surface area contributed by atoms with E-state index in [1.165, 1.54) is 26.1 Å². The van der Waals surface area contributed by atoms with Crippen LogP contribution in [-0.2, 0) is 11.3 Å². The van der Waals surface area contributed by atoms with Gasteiger partial charge in [0.25, 0.3) is 0 Å². The minimum atomic E-state index is 0.0773. The fraction of sp³-hybridized carbons (Fsp3) is 0.552. The number of Topliss-reactive ketones (excluding diaryl/α,β-unsaturated/α-hetero) is 1. The Balaban J connectivity index is 0.000000552. The van der Waals surface area contributed by atoms with Crippen molar-refractivity contribution in [3.63, 3.8) is 0 Å². The number of allylic oxidation sites excluding steroid dienone is 5. The summed E-state index contributed by atoms with van der Waals surface area (Å²) in [6, 6.07) is 4.00. The monoisotopic (exact) mass is 496 g/mol. The number of hydrogen-bond donors (Lipinski definition) is 1. The summed E-state index contributed by atoms with van der Waals surface area (Å²) in [5.74, 6) is 1.77. The lowest BCUT2D eigenvalue weighted by atomic mass is 10.1. The molecule has 0 unspecified atom stereocenters. The fourth-order valence-electron chi connectivity index (χ4n) is 3.54. The molecule has 7 nitrogen and oxygen atoms in total. The van der Waals surface area contributed by atoms with Crippen molar-refractivity contribution in [2.75, 3.05) is 43.4 Å². The Morgan fingerprint density at radius 2 is 1.58 bits per heavy atom. The van der Waals surface area contributed by atoms with Crippen molar-refractivity contribution in [3.8, 4) is 0 Å². The number of hydrogen-bond acceptors (Lipinski definition) is 6. The molecule has 3 rings (SSSR count). The van der Waals surface area contributed by atoms with Crippen LogP contribution in [0.1, 0.15) is 68.2 Å². The van der Waals surface area contributed by atoms with Gasteiger partial charge < -0.3 is 15.1 Å². The first kappa shape index (κ1) is 31.1. The Hall–Kier alpha value is -2.93. The van der Waals surface area contributed by atoms with Crippen molar-refractivity contribution in [1.29, 1.82) is 0 Å². The average Bonchev–Trinajstić information content (AvgIpc) is 3.04. The Kier molecular flexibility index (Phi) is 14.4. The number of aryl methyl sites for hydroxylation is 1. The zero-order chi connectivity index (χ0) is 27.1. The maximum Gasteiger partial charge on any atom is 0.209 e. The molecule has 0 radical (unpaired) electrons. The predicted molar refractivity (Wildman–Crippen MR) is 156 cm³/mol. The van der Waals surface area contributed by atoms with E-state index in [2.05, 4.69) is 74.2 Å². The molecule has 2 aromatic heterocycles. The smallest absolute Gasteiger partial charge is 0.209 e. The van der Waals surface area contributed by atoms with Crippen LogP contribution in [0.4, 0.5) is 11.8 Å². The third-order valence-corrected chi connectivity index (χ3v) is 5.88. The van der Waals surface area contributed by atoms with Crippen LogP contribution in [0, 0.1) is 0 Å². The van der Waals surface area contributed by atoms with Crippen molar-refractivity contribution in [3.05, 3.63) is 47.7 Å². The van der Waals surface area contributed by atoms with Gasteiger partial charge in [-0.3, -0.25) is 9.36 Å². The number of pyridine rings is 1. The number of anilines is 2. The lowest BCUT2D eigenvalue weighted by molar-refractivity contribution is -0.113. The third-order valence-electron chi connectivity index (χ3n) is 5.88. The Morgan fingerprint density at radius 3 is 2.08 bits per heavy atom. The van der Waals surface area contributed by atoms with E-state index in [-0.39, 0.29) is 5.78 Å². The number of nitrogens with one attached hydrogen (secondary N) is 1. The normalized spacial score (nSPS) is 12.6. The number of fused-ring (bicyclic) bond motifs is 1. The maximum absolute atomic E-state index is 11.6. The molecule has 200 valence electrons. The van der Waals surface area contributed by atoms with E-state index in [9.17, 15) is 4.79 Å². The van der Waals surface area contributed by atoms with Crippen LogP contribution in [-0.4, -0.2) is 58.4 Å². The van der Waals surface area contributed by atoms with Crippen molar-refractivity contribution in [2.45, 2.75) is 74.8 Å². The molecule has 2 heterocycles. The van der Waals surface area contributed by atoms with Crippen LogP contribution in [0.5, 0.6) is 0 Å². The first-order valence-corrected chi connectivity index (χ1v) is 13.5. The molecule has 0 aromatic carbocycles. The second-order valence-electron chi connectivity index (χ2n) is 8.60. The molecular weight excluding hydrogens is 448 g/mol. The van der Waals surface area contributed by atoms with Gasteiger partial charge in [-0.25, -0.2) is 9.97 Å². The molecular formula is C29H48N6O. The highest BCUT2D eigenvalue weighted by molar-refractivity contribution is 5.96. The average molecular weight is 497 g/mol. The van der Waals surface area contributed by atoms with Crippen LogP contribution < -0.4 is 10.2 Å². The van der Waals surface area contributed by atoms with Crippen LogP contribution >= 0.6 is 0 Å². The Bertz CT molecular complexity index is 1020. The van der Waals surface area contributed by atoms with E-state index >= 15 is 0 Å². The number of ketones is 1. The maximum atomic E-state index is 11.6. The molecule has 0 atom stereocenters. The molecule has 1 N–H and O–H groups in total. The van der Waals surface area contributed by atoms with Gasteiger partial charge in [-0.15, -0.1) is 0 Å². The van der Waals surface area contributed by atoms with Gasteiger partial charge in [-0.05, 0) is 71.1 Å². The summed E-state index contributed by atoms with van der Waals surface area (Å²) in [5, 5.41) is 3.38. The number of aromatic nitrogens is 3. The van der Waals surface area contributed by atoms with Gasteiger partial charge in [0.1, 0.15) is 11.3 Å². The molecule has 0 aliphatic heterocycles. The number of nitrogens with zero attached hydrogens (tertiary/aromatic N) is 5. The zero-order valence-electron chi connectivity index (χ0n) is 24.1. The minimum absolute atomic E-state index is 0.0773.